The maximum Gasteiger partial charge on any atom is 0.357 e. The second-order valence-corrected chi connectivity index (χ2v) is 3.35. The molecule has 0 aliphatic heterocycles. The van der Waals surface area contributed by atoms with E-state index in [0.717, 1.165) is 0 Å². The Bertz CT molecular complexity index is 369. The minimum Gasteiger partial charge on any atom is -0.491 e. The van der Waals surface area contributed by atoms with Crippen LogP contribution in [-0.4, -0.2) is 51.6 Å². The van der Waals surface area contributed by atoms with Crippen molar-refractivity contribution in [2.45, 2.75) is 0 Å². The van der Waals surface area contributed by atoms with E-state index in [1.54, 1.807) is 13.2 Å². The van der Waals surface area contributed by atoms with Gasteiger partial charge >= 0.3 is 5.97 Å². The lowest BCUT2D eigenvalue weighted by molar-refractivity contribution is 0.0381. The van der Waals surface area contributed by atoms with E-state index in [9.17, 15) is 4.79 Å². The summed E-state index contributed by atoms with van der Waals surface area (Å²) in [6, 6.07) is 3.20. The summed E-state index contributed by atoms with van der Waals surface area (Å²) in [5.74, 6) is 0.0602. The number of carbonyl (C=O) groups excluding carboxylic acids is 1. The molecule has 0 spiro atoms. The second kappa shape index (κ2) is 8.43. The first-order chi connectivity index (χ1) is 8.77. The number of pyridine rings is 1. The van der Waals surface area contributed by atoms with E-state index in [0.29, 0.717) is 25.6 Å². The Kier molecular flexibility index (Phi) is 6.75. The zero-order valence-electron chi connectivity index (χ0n) is 10.5. The Balaban J connectivity index is 2.49. The molecule has 0 bridgehead atoms. The van der Waals surface area contributed by atoms with E-state index < -0.39 is 5.97 Å². The molecule has 1 heterocycles. The maximum absolute atomic E-state index is 11.6. The Morgan fingerprint density at radius 1 is 1.17 bits per heavy atom. The Labute approximate surface area is 106 Å². The fourth-order valence-electron chi connectivity index (χ4n) is 1.15. The van der Waals surface area contributed by atoms with Crippen molar-refractivity contribution in [1.29, 1.82) is 0 Å². The molecule has 1 aromatic rings. The molecule has 6 nitrogen and oxygen atoms in total. The van der Waals surface area contributed by atoms with Crippen LogP contribution in [0.3, 0.4) is 0 Å². The van der Waals surface area contributed by atoms with Gasteiger partial charge in [-0.15, -0.1) is 0 Å². The van der Waals surface area contributed by atoms with Crippen LogP contribution in [-0.2, 0) is 14.2 Å². The Hall–Kier alpha value is -1.66. The van der Waals surface area contributed by atoms with Crippen LogP contribution in [0.5, 0.6) is 5.75 Å². The van der Waals surface area contributed by atoms with Gasteiger partial charge in [0, 0.05) is 26.5 Å². The van der Waals surface area contributed by atoms with E-state index in [-0.39, 0.29) is 12.3 Å². The molecule has 0 aromatic carbocycles. The number of hydrogen-bond donors (Lipinski definition) is 0. The molecule has 1 rings (SSSR count). The minimum absolute atomic E-state index is 0.200. The van der Waals surface area contributed by atoms with Crippen LogP contribution in [0, 0.1) is 0 Å². The van der Waals surface area contributed by atoms with E-state index in [1.165, 1.54) is 19.4 Å². The molecule has 0 aliphatic carbocycles. The zero-order valence-corrected chi connectivity index (χ0v) is 10.5. The van der Waals surface area contributed by atoms with E-state index >= 15 is 0 Å². The van der Waals surface area contributed by atoms with Crippen molar-refractivity contribution in [3.63, 3.8) is 0 Å². The highest BCUT2D eigenvalue weighted by atomic mass is 16.6. The summed E-state index contributed by atoms with van der Waals surface area (Å²) < 4.78 is 19.9. The normalized spacial score (nSPS) is 10.1. The number of rotatable bonds is 8. The topological polar surface area (TPSA) is 66.9 Å². The zero-order chi connectivity index (χ0) is 13.2. The van der Waals surface area contributed by atoms with Crippen LogP contribution in [0.25, 0.3) is 0 Å². The molecule has 0 N–H and O–H groups in total. The summed E-state index contributed by atoms with van der Waals surface area (Å²) in [5.41, 5.74) is 0.209. The highest BCUT2D eigenvalue weighted by molar-refractivity contribution is 5.87. The van der Waals surface area contributed by atoms with Crippen LogP contribution >= 0.6 is 0 Å². The molecule has 0 fully saturated rings. The average Bonchev–Trinajstić information content (AvgIpc) is 2.39. The fraction of sp³-hybridized carbons (Fsp3) is 0.500. The first-order valence-corrected chi connectivity index (χ1v) is 5.51. The Morgan fingerprint density at radius 3 is 2.61 bits per heavy atom. The number of aromatic nitrogens is 1. The smallest absolute Gasteiger partial charge is 0.357 e. The third-order valence-electron chi connectivity index (χ3n) is 2.02. The number of carbonyl (C=O) groups is 1. The lowest BCUT2D eigenvalue weighted by atomic mass is 10.3. The fourth-order valence-corrected chi connectivity index (χ4v) is 1.15. The molecule has 0 aliphatic rings. The monoisotopic (exact) mass is 255 g/mol. The molecular weight excluding hydrogens is 238 g/mol. The summed E-state index contributed by atoms with van der Waals surface area (Å²) in [5, 5.41) is 0. The summed E-state index contributed by atoms with van der Waals surface area (Å²) in [6.07, 6.45) is 1.50. The van der Waals surface area contributed by atoms with Crippen LogP contribution in [0.15, 0.2) is 18.3 Å². The Morgan fingerprint density at radius 2 is 1.89 bits per heavy atom. The minimum atomic E-state index is -0.496. The molecular formula is C12H17NO5. The van der Waals surface area contributed by atoms with Gasteiger partial charge in [0.1, 0.15) is 19.0 Å². The van der Waals surface area contributed by atoms with Gasteiger partial charge in [-0.1, -0.05) is 0 Å². The summed E-state index contributed by atoms with van der Waals surface area (Å²) in [4.78, 5) is 15.5. The third kappa shape index (κ3) is 5.11. The van der Waals surface area contributed by atoms with Gasteiger partial charge in [0.05, 0.1) is 13.2 Å². The van der Waals surface area contributed by atoms with Crippen molar-refractivity contribution in [2.24, 2.45) is 0 Å². The van der Waals surface area contributed by atoms with Gasteiger partial charge in [0.25, 0.3) is 0 Å². The van der Waals surface area contributed by atoms with Crippen molar-refractivity contribution in [3.8, 4) is 5.75 Å². The predicted octanol–water partition coefficient (Wildman–Crippen LogP) is 0.910. The van der Waals surface area contributed by atoms with Crippen molar-refractivity contribution in [3.05, 3.63) is 24.0 Å². The van der Waals surface area contributed by atoms with Crippen molar-refractivity contribution < 1.29 is 23.7 Å². The molecule has 1 aromatic heterocycles. The molecule has 0 amide bonds. The molecule has 0 saturated heterocycles. The van der Waals surface area contributed by atoms with E-state index in [1.807, 2.05) is 0 Å². The number of nitrogens with zero attached hydrogens (tertiary/aromatic N) is 1. The molecule has 6 heteroatoms. The number of ether oxygens (including phenoxy) is 4. The molecule has 0 unspecified atom stereocenters. The lowest BCUT2D eigenvalue weighted by Crippen LogP contribution is -2.12. The van der Waals surface area contributed by atoms with Crippen molar-refractivity contribution in [2.75, 3.05) is 40.6 Å². The highest BCUT2D eigenvalue weighted by Crippen LogP contribution is 2.11. The number of hydrogen-bond acceptors (Lipinski definition) is 6. The van der Waals surface area contributed by atoms with Gasteiger partial charge in [-0.25, -0.2) is 9.78 Å². The SMILES string of the molecule is COCCOC(=O)c1cc(OCCOC)ccn1. The second-order valence-electron chi connectivity index (χ2n) is 3.35. The van der Waals surface area contributed by atoms with Crippen LogP contribution in [0.4, 0.5) is 0 Å². The van der Waals surface area contributed by atoms with Gasteiger partial charge in [0.15, 0.2) is 5.69 Å². The third-order valence-corrected chi connectivity index (χ3v) is 2.02. The van der Waals surface area contributed by atoms with Crippen LogP contribution < -0.4 is 4.74 Å². The van der Waals surface area contributed by atoms with Gasteiger partial charge in [-0.2, -0.15) is 0 Å². The molecule has 100 valence electrons. The van der Waals surface area contributed by atoms with E-state index in [2.05, 4.69) is 4.98 Å². The van der Waals surface area contributed by atoms with Gasteiger partial charge in [-0.3, -0.25) is 0 Å². The first kappa shape index (κ1) is 14.4. The lowest BCUT2D eigenvalue weighted by Gasteiger charge is -2.07. The summed E-state index contributed by atoms with van der Waals surface area (Å²) in [6.45, 7) is 1.45. The first-order valence-electron chi connectivity index (χ1n) is 5.51. The van der Waals surface area contributed by atoms with Gasteiger partial charge in [0.2, 0.25) is 0 Å². The van der Waals surface area contributed by atoms with Crippen molar-refractivity contribution >= 4 is 5.97 Å². The standard InChI is InChI=1S/C12H17NO5/c1-15-5-7-17-10-3-4-13-11(9-10)12(14)18-8-6-16-2/h3-4,9H,5-8H2,1-2H3. The van der Waals surface area contributed by atoms with Gasteiger partial charge in [-0.05, 0) is 6.07 Å². The quantitative estimate of drug-likeness (QED) is 0.508. The maximum atomic E-state index is 11.6. The largest absolute Gasteiger partial charge is 0.491 e. The van der Waals surface area contributed by atoms with E-state index in [4.69, 9.17) is 18.9 Å². The summed E-state index contributed by atoms with van der Waals surface area (Å²) >= 11 is 0. The van der Waals surface area contributed by atoms with Crippen LogP contribution in [0.1, 0.15) is 10.5 Å². The molecule has 0 atom stereocenters. The predicted molar refractivity (Wildman–Crippen MR) is 63.8 cm³/mol. The number of methoxy groups -OCH3 is 2. The van der Waals surface area contributed by atoms with Crippen LogP contribution in [0.2, 0.25) is 0 Å². The molecule has 0 radical (unpaired) electrons. The average molecular weight is 255 g/mol. The van der Waals surface area contributed by atoms with Gasteiger partial charge < -0.3 is 18.9 Å². The summed E-state index contributed by atoms with van der Waals surface area (Å²) in [7, 11) is 3.13. The molecule has 18 heavy (non-hydrogen) atoms. The molecule has 0 saturated carbocycles. The number of esters is 1. The highest BCUT2D eigenvalue weighted by Gasteiger charge is 2.09. The van der Waals surface area contributed by atoms with Crippen molar-refractivity contribution in [1.82, 2.24) is 4.98 Å².